The van der Waals surface area contributed by atoms with E-state index in [1.807, 2.05) is 22.6 Å². The van der Waals surface area contributed by atoms with Crippen molar-refractivity contribution in [1.29, 1.82) is 0 Å². The molecule has 1 fully saturated rings. The van der Waals surface area contributed by atoms with Gasteiger partial charge < -0.3 is 9.64 Å². The number of carbonyl (C=O) groups excluding carboxylic acids is 1. The van der Waals surface area contributed by atoms with E-state index in [4.69, 9.17) is 4.74 Å². The average Bonchev–Trinajstić information content (AvgIpc) is 2.74. The predicted octanol–water partition coefficient (Wildman–Crippen LogP) is 1.42. The van der Waals surface area contributed by atoms with Crippen molar-refractivity contribution in [3.05, 3.63) is 11.8 Å². The summed E-state index contributed by atoms with van der Waals surface area (Å²) < 4.78 is 7.04. The van der Waals surface area contributed by atoms with Crippen molar-refractivity contribution in [3.63, 3.8) is 0 Å². The summed E-state index contributed by atoms with van der Waals surface area (Å²) in [5, 5.41) is 4.43. The lowest BCUT2D eigenvalue weighted by atomic mass is 10.1. The number of nitrogens with zero attached hydrogens (tertiary/aromatic N) is 3. The number of rotatable bonds is 4. The second-order valence-corrected chi connectivity index (χ2v) is 4.27. The number of piperidine rings is 1. The molecular weight excluding hydrogens is 218 g/mol. The van der Waals surface area contributed by atoms with Gasteiger partial charge in [-0.3, -0.25) is 4.79 Å². The maximum atomic E-state index is 11.7. The van der Waals surface area contributed by atoms with Crippen LogP contribution in [0, 0.1) is 0 Å². The first-order valence-corrected chi connectivity index (χ1v) is 6.13. The van der Waals surface area contributed by atoms with Crippen molar-refractivity contribution in [3.8, 4) is 5.88 Å². The number of aromatic nitrogens is 2. The van der Waals surface area contributed by atoms with Gasteiger partial charge in [-0.05, 0) is 19.8 Å². The second kappa shape index (κ2) is 5.21. The lowest BCUT2D eigenvalue weighted by molar-refractivity contribution is -0.133. The monoisotopic (exact) mass is 237 g/mol. The molecule has 17 heavy (non-hydrogen) atoms. The molecule has 0 unspecified atom stereocenters. The third-order valence-corrected chi connectivity index (χ3v) is 3.08. The van der Waals surface area contributed by atoms with Crippen molar-refractivity contribution < 1.29 is 9.53 Å². The molecule has 0 N–H and O–H groups in total. The SMILES string of the molecule is CCn1nc(CN2CCCCC2=O)cc1OC. The number of amides is 1. The van der Waals surface area contributed by atoms with Gasteiger partial charge in [-0.15, -0.1) is 0 Å². The third-order valence-electron chi connectivity index (χ3n) is 3.08. The summed E-state index contributed by atoms with van der Waals surface area (Å²) in [4.78, 5) is 13.6. The maximum Gasteiger partial charge on any atom is 0.222 e. The predicted molar refractivity (Wildman–Crippen MR) is 63.7 cm³/mol. The van der Waals surface area contributed by atoms with Crippen LogP contribution in [-0.4, -0.2) is 34.2 Å². The fourth-order valence-electron chi connectivity index (χ4n) is 2.14. The summed E-state index contributed by atoms with van der Waals surface area (Å²) in [6, 6.07) is 1.91. The Labute approximate surface area is 101 Å². The topological polar surface area (TPSA) is 47.4 Å². The van der Waals surface area contributed by atoms with Gasteiger partial charge in [0, 0.05) is 25.6 Å². The smallest absolute Gasteiger partial charge is 0.222 e. The Morgan fingerprint density at radius 3 is 2.88 bits per heavy atom. The summed E-state index contributed by atoms with van der Waals surface area (Å²) >= 11 is 0. The molecule has 0 spiro atoms. The summed E-state index contributed by atoms with van der Waals surface area (Å²) in [6.45, 7) is 4.24. The van der Waals surface area contributed by atoms with Crippen LogP contribution in [0.15, 0.2) is 6.07 Å². The molecule has 5 nitrogen and oxygen atoms in total. The van der Waals surface area contributed by atoms with E-state index in [1.165, 1.54) is 0 Å². The first-order valence-electron chi connectivity index (χ1n) is 6.13. The average molecular weight is 237 g/mol. The van der Waals surface area contributed by atoms with Gasteiger partial charge in [-0.25, -0.2) is 4.68 Å². The van der Waals surface area contributed by atoms with E-state index in [1.54, 1.807) is 7.11 Å². The Hall–Kier alpha value is -1.52. The summed E-state index contributed by atoms with van der Waals surface area (Å²) in [6.07, 6.45) is 2.78. The van der Waals surface area contributed by atoms with E-state index in [0.717, 1.165) is 37.5 Å². The van der Waals surface area contributed by atoms with E-state index in [2.05, 4.69) is 5.10 Å². The second-order valence-electron chi connectivity index (χ2n) is 4.27. The number of aryl methyl sites for hydroxylation is 1. The molecule has 94 valence electrons. The van der Waals surface area contributed by atoms with Crippen LogP contribution in [-0.2, 0) is 17.9 Å². The van der Waals surface area contributed by atoms with Crippen LogP contribution in [0.5, 0.6) is 5.88 Å². The molecule has 0 saturated carbocycles. The van der Waals surface area contributed by atoms with Gasteiger partial charge >= 0.3 is 0 Å². The van der Waals surface area contributed by atoms with Crippen LogP contribution in [0.2, 0.25) is 0 Å². The van der Waals surface area contributed by atoms with Gasteiger partial charge in [-0.2, -0.15) is 5.10 Å². The van der Waals surface area contributed by atoms with Crippen LogP contribution in [0.3, 0.4) is 0 Å². The molecule has 1 aliphatic heterocycles. The zero-order valence-electron chi connectivity index (χ0n) is 10.5. The molecule has 0 radical (unpaired) electrons. The number of carbonyl (C=O) groups is 1. The maximum absolute atomic E-state index is 11.7. The van der Waals surface area contributed by atoms with Gasteiger partial charge in [0.2, 0.25) is 11.8 Å². The largest absolute Gasteiger partial charge is 0.481 e. The third kappa shape index (κ3) is 2.60. The van der Waals surface area contributed by atoms with Crippen molar-refractivity contribution in [1.82, 2.24) is 14.7 Å². The molecule has 1 saturated heterocycles. The van der Waals surface area contributed by atoms with Crippen molar-refractivity contribution in [2.75, 3.05) is 13.7 Å². The highest BCUT2D eigenvalue weighted by atomic mass is 16.5. The fraction of sp³-hybridized carbons (Fsp3) is 0.667. The zero-order chi connectivity index (χ0) is 12.3. The van der Waals surface area contributed by atoms with Crippen LogP contribution >= 0.6 is 0 Å². The van der Waals surface area contributed by atoms with E-state index < -0.39 is 0 Å². The molecule has 0 aromatic carbocycles. The van der Waals surface area contributed by atoms with Gasteiger partial charge in [0.05, 0.1) is 19.3 Å². The van der Waals surface area contributed by atoms with Crippen molar-refractivity contribution >= 4 is 5.91 Å². The Morgan fingerprint density at radius 1 is 1.47 bits per heavy atom. The molecular formula is C12H19N3O2. The fourth-order valence-corrected chi connectivity index (χ4v) is 2.14. The van der Waals surface area contributed by atoms with Gasteiger partial charge in [0.15, 0.2) is 0 Å². The Kier molecular flexibility index (Phi) is 3.66. The Balaban J connectivity index is 2.07. The minimum Gasteiger partial charge on any atom is -0.481 e. The van der Waals surface area contributed by atoms with E-state index >= 15 is 0 Å². The highest BCUT2D eigenvalue weighted by Gasteiger charge is 2.19. The van der Waals surface area contributed by atoms with Crippen molar-refractivity contribution in [2.24, 2.45) is 0 Å². The number of methoxy groups -OCH3 is 1. The quantitative estimate of drug-likeness (QED) is 0.795. The lowest BCUT2D eigenvalue weighted by Gasteiger charge is -2.25. The lowest BCUT2D eigenvalue weighted by Crippen LogP contribution is -2.34. The normalized spacial score (nSPS) is 16.4. The molecule has 1 aromatic rings. The van der Waals surface area contributed by atoms with Crippen molar-refractivity contribution in [2.45, 2.75) is 39.3 Å². The molecule has 1 amide bonds. The number of hydrogen-bond acceptors (Lipinski definition) is 3. The van der Waals surface area contributed by atoms with Crippen LogP contribution in [0.25, 0.3) is 0 Å². The Bertz CT molecular complexity index is 379. The van der Waals surface area contributed by atoms with E-state index in [0.29, 0.717) is 13.0 Å². The van der Waals surface area contributed by atoms with E-state index in [-0.39, 0.29) is 5.91 Å². The van der Waals surface area contributed by atoms with Crippen LogP contribution in [0.4, 0.5) is 0 Å². The molecule has 2 heterocycles. The van der Waals surface area contributed by atoms with Gasteiger partial charge in [0.25, 0.3) is 0 Å². The Morgan fingerprint density at radius 2 is 2.29 bits per heavy atom. The summed E-state index contributed by atoms with van der Waals surface area (Å²) in [7, 11) is 1.64. The minimum atomic E-state index is 0.237. The van der Waals surface area contributed by atoms with Crippen LogP contribution < -0.4 is 4.74 Å². The highest BCUT2D eigenvalue weighted by Crippen LogP contribution is 2.17. The van der Waals surface area contributed by atoms with E-state index in [9.17, 15) is 4.79 Å². The summed E-state index contributed by atoms with van der Waals surface area (Å²) in [5.74, 6) is 0.994. The number of likely N-dealkylation sites (tertiary alicyclic amines) is 1. The molecule has 5 heteroatoms. The van der Waals surface area contributed by atoms with Gasteiger partial charge in [-0.1, -0.05) is 0 Å². The van der Waals surface area contributed by atoms with Gasteiger partial charge in [0.1, 0.15) is 0 Å². The number of hydrogen-bond donors (Lipinski definition) is 0. The minimum absolute atomic E-state index is 0.237. The number of ether oxygens (including phenoxy) is 1. The van der Waals surface area contributed by atoms with Crippen LogP contribution in [0.1, 0.15) is 31.9 Å². The first-order chi connectivity index (χ1) is 8.24. The summed E-state index contributed by atoms with van der Waals surface area (Å²) in [5.41, 5.74) is 0.902. The highest BCUT2D eigenvalue weighted by molar-refractivity contribution is 5.76. The molecule has 0 atom stereocenters. The molecule has 0 bridgehead atoms. The standard InChI is InChI=1S/C12H19N3O2/c1-3-15-12(17-2)8-10(13-15)9-14-7-5-4-6-11(14)16/h8H,3-7,9H2,1-2H3. The molecule has 1 aliphatic rings. The molecule has 0 aliphatic carbocycles. The first kappa shape index (κ1) is 12.0. The molecule has 1 aromatic heterocycles. The molecule has 2 rings (SSSR count). The zero-order valence-corrected chi connectivity index (χ0v) is 10.5.